The fourth-order valence-electron chi connectivity index (χ4n) is 0.756. The molecule has 130 valence electrons. The molecule has 0 aliphatic carbocycles. The van der Waals surface area contributed by atoms with Crippen molar-refractivity contribution < 1.29 is 64.5 Å². The number of hydrogen-bond acceptors (Lipinski definition) is 1. The van der Waals surface area contributed by atoms with Gasteiger partial charge in [0.1, 0.15) is 0 Å². The Morgan fingerprint density at radius 2 is 1.00 bits per heavy atom. The lowest BCUT2D eigenvalue weighted by Crippen LogP contribution is -2.66. The molecule has 0 aromatic heterocycles. The first-order chi connectivity index (χ1) is 8.44. The molecule has 21 heavy (non-hydrogen) atoms. The van der Waals surface area contributed by atoms with Gasteiger partial charge < -0.3 is 5.11 Å². The van der Waals surface area contributed by atoms with E-state index in [2.05, 4.69) is 0 Å². The van der Waals surface area contributed by atoms with Crippen molar-refractivity contribution in [2.45, 2.75) is 23.0 Å². The summed E-state index contributed by atoms with van der Waals surface area (Å²) in [5, 5.41) is -1.44. The summed E-state index contributed by atoms with van der Waals surface area (Å²) in [6.45, 7) is 0. The van der Waals surface area contributed by atoms with Crippen molar-refractivity contribution in [1.29, 1.82) is 0 Å². The van der Waals surface area contributed by atoms with E-state index in [0.717, 1.165) is 0 Å². The lowest BCUT2D eigenvalue weighted by Gasteiger charge is -2.49. The molecule has 0 aliphatic heterocycles. The van der Waals surface area contributed by atoms with Gasteiger partial charge in [-0.1, -0.05) is 19.4 Å². The average molecular weight is 372 g/mol. The topological polar surface area (TPSA) is 37.3 Å². The Kier molecular flexibility index (Phi) is 3.44. The number of halogens is 13. The van der Waals surface area contributed by atoms with E-state index in [-0.39, 0.29) is 0 Å². The summed E-state index contributed by atoms with van der Waals surface area (Å²) in [5.41, 5.74) is 0. The van der Waals surface area contributed by atoms with Gasteiger partial charge in [-0.25, -0.2) is 4.79 Å². The van der Waals surface area contributed by atoms with Crippen molar-refractivity contribution >= 4 is 16.2 Å². The van der Waals surface area contributed by atoms with E-state index in [9.17, 15) is 59.3 Å². The Labute approximate surface area is 105 Å². The number of aliphatic carboxylic acids is 1. The normalized spacial score (nSPS) is 18.9. The zero-order valence-corrected chi connectivity index (χ0v) is 9.49. The molecule has 0 radical (unpaired) electrons. The summed E-state index contributed by atoms with van der Waals surface area (Å²) in [7, 11) is -12.8. The summed E-state index contributed by atoms with van der Waals surface area (Å²) < 4.78 is 157. The number of rotatable bonds is 5. The molecular formula is C5HF13O2S. The van der Waals surface area contributed by atoms with Crippen LogP contribution in [0.4, 0.5) is 54.6 Å². The van der Waals surface area contributed by atoms with Crippen molar-refractivity contribution in [3.63, 3.8) is 0 Å². The van der Waals surface area contributed by atoms with Gasteiger partial charge in [0.05, 0.1) is 0 Å². The molecule has 2 nitrogen and oxygen atoms in total. The molecule has 0 atom stereocenters. The van der Waals surface area contributed by atoms with Gasteiger partial charge in [0.15, 0.2) is 0 Å². The number of hydrogen-bond donors (Lipinski definition) is 1. The van der Waals surface area contributed by atoms with Crippen LogP contribution >= 0.6 is 10.2 Å². The van der Waals surface area contributed by atoms with E-state index in [1.165, 1.54) is 0 Å². The standard InChI is InChI=1S/C5HF13O2S/c6-2(7,1(19)20)3(8,9)4(10,11)5(12,13)21(14,15,16,17)18/h(H,19,20). The van der Waals surface area contributed by atoms with Gasteiger partial charge in [-0.15, -0.1) is 0 Å². The largest absolute Gasteiger partial charge is 0.477 e. The molecule has 1 N–H and O–H groups in total. The summed E-state index contributed by atoms with van der Waals surface area (Å²) >= 11 is 0. The third-order valence-corrected chi connectivity index (χ3v) is 3.13. The third-order valence-electron chi connectivity index (χ3n) is 1.91. The second-order valence-electron chi connectivity index (χ2n) is 3.51. The Balaban J connectivity index is 6.45. The molecule has 0 rings (SSSR count). The highest BCUT2D eigenvalue weighted by molar-refractivity contribution is 8.46. The number of carboxylic acids is 1. The van der Waals surface area contributed by atoms with Gasteiger partial charge in [0, 0.05) is 0 Å². The molecule has 0 saturated heterocycles. The van der Waals surface area contributed by atoms with Crippen LogP contribution in [0.5, 0.6) is 0 Å². The Morgan fingerprint density at radius 3 is 1.19 bits per heavy atom. The molecule has 0 bridgehead atoms. The molecule has 0 aromatic carbocycles. The molecule has 0 heterocycles. The number of carbonyl (C=O) groups is 1. The second kappa shape index (κ2) is 3.62. The van der Waals surface area contributed by atoms with Crippen molar-refractivity contribution in [2.75, 3.05) is 0 Å². The summed E-state index contributed by atoms with van der Waals surface area (Å²) in [6, 6.07) is 0. The highest BCUT2D eigenvalue weighted by Crippen LogP contribution is 3.06. The Hall–Kier alpha value is -1.09. The second-order valence-corrected chi connectivity index (χ2v) is 5.96. The lowest BCUT2D eigenvalue weighted by atomic mass is 10.1. The fourth-order valence-corrected chi connectivity index (χ4v) is 1.37. The van der Waals surface area contributed by atoms with Crippen molar-refractivity contribution in [3.05, 3.63) is 0 Å². The van der Waals surface area contributed by atoms with E-state index in [1.54, 1.807) is 0 Å². The average Bonchev–Trinajstić information content (AvgIpc) is 2.11. The maximum atomic E-state index is 12.4. The van der Waals surface area contributed by atoms with Gasteiger partial charge >= 0.3 is 39.2 Å². The van der Waals surface area contributed by atoms with Crippen LogP contribution in [0.2, 0.25) is 0 Å². The molecule has 0 fully saturated rings. The van der Waals surface area contributed by atoms with Gasteiger partial charge in [-0.05, 0) is 0 Å². The zero-order chi connectivity index (χ0) is 18.0. The maximum absolute atomic E-state index is 12.8. The van der Waals surface area contributed by atoms with Crippen LogP contribution in [0.15, 0.2) is 0 Å². The van der Waals surface area contributed by atoms with E-state index in [1.807, 2.05) is 0 Å². The minimum Gasteiger partial charge on any atom is -0.477 e. The first-order valence-electron chi connectivity index (χ1n) is 3.92. The minimum absolute atomic E-state index is 4.23. The van der Waals surface area contributed by atoms with E-state index in [4.69, 9.17) is 5.11 Å². The van der Waals surface area contributed by atoms with E-state index in [0.29, 0.717) is 0 Å². The highest BCUT2D eigenvalue weighted by Gasteiger charge is 2.98. The summed E-state index contributed by atoms with van der Waals surface area (Å²) in [4.78, 5) is 9.58. The van der Waals surface area contributed by atoms with Crippen molar-refractivity contribution in [2.24, 2.45) is 0 Å². The molecule has 0 spiro atoms. The summed E-state index contributed by atoms with van der Waals surface area (Å²) in [5.74, 6) is -27.9. The lowest BCUT2D eigenvalue weighted by molar-refractivity contribution is -0.345. The Bertz CT molecular complexity index is 460. The number of alkyl halides is 8. The molecule has 0 saturated carbocycles. The van der Waals surface area contributed by atoms with Crippen LogP contribution in [0.25, 0.3) is 0 Å². The first-order valence-corrected chi connectivity index (χ1v) is 5.87. The van der Waals surface area contributed by atoms with E-state index >= 15 is 0 Å². The molecule has 0 aliphatic rings. The van der Waals surface area contributed by atoms with E-state index < -0.39 is 39.2 Å². The van der Waals surface area contributed by atoms with Crippen LogP contribution in [0, 0.1) is 0 Å². The molecule has 16 heteroatoms. The molecule has 0 aromatic rings. The zero-order valence-electron chi connectivity index (χ0n) is 8.68. The van der Waals surface area contributed by atoms with Crippen LogP contribution in [0.3, 0.4) is 0 Å². The third kappa shape index (κ3) is 2.46. The quantitative estimate of drug-likeness (QED) is 0.700. The predicted octanol–water partition coefficient (Wildman–Crippen LogP) is 4.87. The first kappa shape index (κ1) is 19.9. The SMILES string of the molecule is O=C(O)C(F)(F)C(F)(F)C(F)(F)C(F)(F)S(F)(F)(F)(F)F. The minimum atomic E-state index is -12.8. The Morgan fingerprint density at radius 1 is 0.714 bits per heavy atom. The number of carboxylic acid groups (broad SMARTS) is 1. The molecule has 0 unspecified atom stereocenters. The van der Waals surface area contributed by atoms with Gasteiger partial charge in [-0.2, -0.15) is 35.1 Å². The molecular weight excluding hydrogens is 371 g/mol. The van der Waals surface area contributed by atoms with Crippen LogP contribution in [0.1, 0.15) is 0 Å². The smallest absolute Gasteiger partial charge is 0.450 e. The predicted molar refractivity (Wildman–Crippen MR) is 40.6 cm³/mol. The van der Waals surface area contributed by atoms with Crippen LogP contribution in [-0.4, -0.2) is 34.1 Å². The van der Waals surface area contributed by atoms with Gasteiger partial charge in [0.2, 0.25) is 0 Å². The van der Waals surface area contributed by atoms with Crippen LogP contribution < -0.4 is 0 Å². The monoisotopic (exact) mass is 372 g/mol. The van der Waals surface area contributed by atoms with Crippen molar-refractivity contribution in [3.8, 4) is 0 Å². The highest BCUT2D eigenvalue weighted by atomic mass is 32.5. The van der Waals surface area contributed by atoms with Gasteiger partial charge in [0.25, 0.3) is 0 Å². The van der Waals surface area contributed by atoms with Crippen molar-refractivity contribution in [1.82, 2.24) is 0 Å². The fraction of sp³-hybridized carbons (Fsp3) is 0.800. The molecule has 0 amide bonds. The maximum Gasteiger partial charge on any atom is 0.450 e. The summed E-state index contributed by atoms with van der Waals surface area (Å²) in [6.07, 6.45) is 0. The van der Waals surface area contributed by atoms with Crippen LogP contribution in [-0.2, 0) is 4.79 Å². The van der Waals surface area contributed by atoms with Gasteiger partial charge in [-0.3, -0.25) is 0 Å².